The predicted molar refractivity (Wildman–Crippen MR) is 58.1 cm³/mol. The summed E-state index contributed by atoms with van der Waals surface area (Å²) in [6.45, 7) is 6.21. The van der Waals surface area contributed by atoms with Crippen LogP contribution in [0, 0.1) is 5.92 Å². The molecule has 3 nitrogen and oxygen atoms in total. The van der Waals surface area contributed by atoms with Gasteiger partial charge in [-0.05, 0) is 39.8 Å². The van der Waals surface area contributed by atoms with Crippen LogP contribution in [0.15, 0.2) is 0 Å². The summed E-state index contributed by atoms with van der Waals surface area (Å²) in [5.41, 5.74) is 0. The van der Waals surface area contributed by atoms with Gasteiger partial charge in [0, 0.05) is 12.6 Å². The van der Waals surface area contributed by atoms with E-state index < -0.39 is 0 Å². The maximum absolute atomic E-state index is 11.8. The molecule has 0 aromatic rings. The first-order valence-corrected chi connectivity index (χ1v) is 5.62. The van der Waals surface area contributed by atoms with Gasteiger partial charge in [-0.15, -0.1) is 0 Å². The molecule has 1 rings (SSSR count). The van der Waals surface area contributed by atoms with Gasteiger partial charge in [-0.1, -0.05) is 6.92 Å². The molecule has 1 amide bonds. The van der Waals surface area contributed by atoms with E-state index in [-0.39, 0.29) is 11.8 Å². The lowest BCUT2D eigenvalue weighted by molar-refractivity contribution is -0.127. The molecule has 1 N–H and O–H groups in total. The molecule has 0 aliphatic carbocycles. The largest absolute Gasteiger partial charge is 0.353 e. The number of nitrogens with one attached hydrogen (secondary N) is 1. The molecule has 3 heteroatoms. The molecule has 0 radical (unpaired) electrons. The summed E-state index contributed by atoms with van der Waals surface area (Å²) in [6.07, 6.45) is 3.20. The molecule has 2 unspecified atom stereocenters. The average molecular weight is 198 g/mol. The molecule has 1 heterocycles. The smallest absolute Gasteiger partial charge is 0.224 e. The third kappa shape index (κ3) is 3.29. The van der Waals surface area contributed by atoms with Gasteiger partial charge < -0.3 is 10.2 Å². The zero-order valence-corrected chi connectivity index (χ0v) is 9.55. The summed E-state index contributed by atoms with van der Waals surface area (Å²) in [5.74, 6) is 0.452. The number of piperidine rings is 1. The van der Waals surface area contributed by atoms with Gasteiger partial charge in [0.05, 0.1) is 5.92 Å². The fourth-order valence-corrected chi connectivity index (χ4v) is 1.84. The topological polar surface area (TPSA) is 32.3 Å². The maximum atomic E-state index is 11.8. The van der Waals surface area contributed by atoms with Gasteiger partial charge >= 0.3 is 0 Å². The number of hydrogen-bond donors (Lipinski definition) is 1. The van der Waals surface area contributed by atoms with Crippen molar-refractivity contribution < 1.29 is 4.79 Å². The van der Waals surface area contributed by atoms with Crippen LogP contribution in [-0.2, 0) is 4.79 Å². The number of nitrogens with zero attached hydrogens (tertiary/aromatic N) is 1. The molecule has 1 aliphatic heterocycles. The fraction of sp³-hybridized carbons (Fsp3) is 0.909. The van der Waals surface area contributed by atoms with E-state index in [0.717, 1.165) is 32.4 Å². The molecule has 0 aromatic heterocycles. The SMILES string of the molecule is CCC(C)NC(=O)C1CCCN(C)C1. The maximum Gasteiger partial charge on any atom is 0.224 e. The molecule has 0 spiro atoms. The van der Waals surface area contributed by atoms with E-state index in [1.165, 1.54) is 0 Å². The minimum Gasteiger partial charge on any atom is -0.353 e. The Morgan fingerprint density at radius 2 is 2.36 bits per heavy atom. The molecular formula is C11H22N2O. The number of hydrogen-bond acceptors (Lipinski definition) is 2. The van der Waals surface area contributed by atoms with Crippen molar-refractivity contribution >= 4 is 5.91 Å². The van der Waals surface area contributed by atoms with Crippen molar-refractivity contribution in [2.24, 2.45) is 5.92 Å². The number of rotatable bonds is 3. The van der Waals surface area contributed by atoms with Crippen molar-refractivity contribution in [3.63, 3.8) is 0 Å². The van der Waals surface area contributed by atoms with Gasteiger partial charge in [-0.2, -0.15) is 0 Å². The first-order valence-electron chi connectivity index (χ1n) is 5.62. The van der Waals surface area contributed by atoms with Crippen LogP contribution >= 0.6 is 0 Å². The molecule has 82 valence electrons. The second-order valence-electron chi connectivity index (χ2n) is 4.42. The summed E-state index contributed by atoms with van der Waals surface area (Å²) in [5, 5.41) is 3.05. The zero-order valence-electron chi connectivity index (χ0n) is 9.55. The number of carbonyl (C=O) groups excluding carboxylic acids is 1. The Labute approximate surface area is 86.9 Å². The standard InChI is InChI=1S/C11H22N2O/c1-4-9(2)12-11(14)10-6-5-7-13(3)8-10/h9-10H,4-8H2,1-3H3,(H,12,14). The lowest BCUT2D eigenvalue weighted by atomic mass is 9.97. The number of likely N-dealkylation sites (tertiary alicyclic amines) is 1. The Balaban J connectivity index is 2.36. The quantitative estimate of drug-likeness (QED) is 0.740. The van der Waals surface area contributed by atoms with E-state index in [0.29, 0.717) is 6.04 Å². The fourth-order valence-electron chi connectivity index (χ4n) is 1.84. The minimum atomic E-state index is 0.211. The summed E-state index contributed by atoms with van der Waals surface area (Å²) in [7, 11) is 2.09. The van der Waals surface area contributed by atoms with Gasteiger partial charge in [0.25, 0.3) is 0 Å². The summed E-state index contributed by atoms with van der Waals surface area (Å²) < 4.78 is 0. The monoisotopic (exact) mass is 198 g/mol. The van der Waals surface area contributed by atoms with Crippen LogP contribution in [0.25, 0.3) is 0 Å². The molecule has 1 saturated heterocycles. The van der Waals surface area contributed by atoms with Gasteiger partial charge in [0.2, 0.25) is 5.91 Å². The van der Waals surface area contributed by atoms with Gasteiger partial charge in [0.1, 0.15) is 0 Å². The van der Waals surface area contributed by atoms with Crippen LogP contribution < -0.4 is 5.32 Å². The first kappa shape index (κ1) is 11.5. The van der Waals surface area contributed by atoms with Crippen LogP contribution in [0.2, 0.25) is 0 Å². The Bertz CT molecular complexity index is 194. The van der Waals surface area contributed by atoms with Gasteiger partial charge in [0.15, 0.2) is 0 Å². The zero-order chi connectivity index (χ0) is 10.6. The van der Waals surface area contributed by atoms with E-state index in [2.05, 4.69) is 31.1 Å². The van der Waals surface area contributed by atoms with E-state index in [1.54, 1.807) is 0 Å². The average Bonchev–Trinajstić information content (AvgIpc) is 2.17. The van der Waals surface area contributed by atoms with Crippen LogP contribution in [0.3, 0.4) is 0 Å². The van der Waals surface area contributed by atoms with Crippen LogP contribution in [-0.4, -0.2) is 37.0 Å². The summed E-state index contributed by atoms with van der Waals surface area (Å²) in [6, 6.07) is 0.315. The van der Waals surface area contributed by atoms with E-state index in [4.69, 9.17) is 0 Å². The van der Waals surface area contributed by atoms with Crippen molar-refractivity contribution in [2.75, 3.05) is 20.1 Å². The first-order chi connectivity index (χ1) is 6.63. The predicted octanol–water partition coefficient (Wildman–Crippen LogP) is 1.24. The third-order valence-corrected chi connectivity index (χ3v) is 3.00. The number of carbonyl (C=O) groups is 1. The summed E-state index contributed by atoms with van der Waals surface area (Å²) >= 11 is 0. The van der Waals surface area contributed by atoms with E-state index in [9.17, 15) is 4.79 Å². The number of amides is 1. The Kier molecular flexibility index (Phi) is 4.39. The molecule has 0 saturated carbocycles. The van der Waals surface area contributed by atoms with Crippen LogP contribution in [0.5, 0.6) is 0 Å². The summed E-state index contributed by atoms with van der Waals surface area (Å²) in [4.78, 5) is 14.0. The Morgan fingerprint density at radius 1 is 1.64 bits per heavy atom. The molecule has 0 aromatic carbocycles. The van der Waals surface area contributed by atoms with Crippen molar-refractivity contribution in [3.8, 4) is 0 Å². The van der Waals surface area contributed by atoms with E-state index >= 15 is 0 Å². The highest BCUT2D eigenvalue weighted by Gasteiger charge is 2.24. The molecule has 2 atom stereocenters. The lowest BCUT2D eigenvalue weighted by Crippen LogP contribution is -2.43. The normalized spacial score (nSPS) is 25.8. The Morgan fingerprint density at radius 3 is 2.93 bits per heavy atom. The van der Waals surface area contributed by atoms with E-state index in [1.807, 2.05) is 0 Å². The van der Waals surface area contributed by atoms with Gasteiger partial charge in [-0.25, -0.2) is 0 Å². The van der Waals surface area contributed by atoms with Crippen molar-refractivity contribution in [1.82, 2.24) is 10.2 Å². The molecule has 1 fully saturated rings. The van der Waals surface area contributed by atoms with Crippen LogP contribution in [0.1, 0.15) is 33.1 Å². The third-order valence-electron chi connectivity index (χ3n) is 3.00. The highest BCUT2D eigenvalue weighted by atomic mass is 16.2. The molecule has 0 bridgehead atoms. The van der Waals surface area contributed by atoms with Crippen molar-refractivity contribution in [1.29, 1.82) is 0 Å². The van der Waals surface area contributed by atoms with Crippen LogP contribution in [0.4, 0.5) is 0 Å². The van der Waals surface area contributed by atoms with Crippen molar-refractivity contribution in [2.45, 2.75) is 39.2 Å². The minimum absolute atomic E-state index is 0.211. The molecule has 14 heavy (non-hydrogen) atoms. The molecule has 1 aliphatic rings. The molecular weight excluding hydrogens is 176 g/mol. The Hall–Kier alpha value is -0.570. The lowest BCUT2D eigenvalue weighted by Gasteiger charge is -2.29. The second-order valence-corrected chi connectivity index (χ2v) is 4.42. The second kappa shape index (κ2) is 5.35. The van der Waals surface area contributed by atoms with Crippen molar-refractivity contribution in [3.05, 3.63) is 0 Å². The highest BCUT2D eigenvalue weighted by molar-refractivity contribution is 5.79. The highest BCUT2D eigenvalue weighted by Crippen LogP contribution is 2.15. The van der Waals surface area contributed by atoms with Gasteiger partial charge in [-0.3, -0.25) is 4.79 Å².